The average molecular weight is 1000 g/mol. The van der Waals surface area contributed by atoms with Crippen molar-refractivity contribution in [2.75, 3.05) is 5.73 Å². The van der Waals surface area contributed by atoms with Crippen molar-refractivity contribution in [3.63, 3.8) is 0 Å². The minimum Gasteiger partial charge on any atom is -0.436 e. The van der Waals surface area contributed by atoms with Crippen molar-refractivity contribution in [2.45, 2.75) is 13.1 Å². The summed E-state index contributed by atoms with van der Waals surface area (Å²) in [6, 6.07) is 11.6. The third kappa shape index (κ3) is 3.25. The van der Waals surface area contributed by atoms with Crippen LogP contribution in [-0.2, 0) is 6.18 Å². The molecule has 2 aromatic rings. The van der Waals surface area contributed by atoms with Crippen LogP contribution in [0, 0.1) is 13.0 Å². The normalized spacial score (nSPS) is 9.90. The summed E-state index contributed by atoms with van der Waals surface area (Å²) in [6.07, 6.45) is -4.38. The topological polar surface area (TPSA) is 26.0 Å². The number of hydrogen-bond donors (Lipinski definition) is 1. The van der Waals surface area contributed by atoms with Crippen molar-refractivity contribution in [3.8, 4) is 11.1 Å². The minimum atomic E-state index is -4.38. The van der Waals surface area contributed by atoms with Gasteiger partial charge in [0.25, 0.3) is 0 Å². The average Bonchev–Trinajstić information content (AvgIpc) is 2.29. The molecule has 1 nitrogen and oxygen atoms in total. The monoisotopic (exact) mass is 997 g/mol. The first-order chi connectivity index (χ1) is 8.38. The van der Waals surface area contributed by atoms with Gasteiger partial charge >= 0.3 is 6.18 Å². The molecule has 0 fully saturated rings. The summed E-state index contributed by atoms with van der Waals surface area (Å²) >= 11 is 0. The number of nitrogen functional groups attached to an aromatic ring is 1. The Morgan fingerprint density at radius 1 is 1.00 bits per heavy atom. The molecular formula is C14H11Cf3F3N-. The number of anilines is 1. The van der Waals surface area contributed by atoms with E-state index in [-0.39, 0.29) is 5.56 Å². The Balaban J connectivity index is 0. The molecule has 124 valence electrons. The molecule has 0 atom stereocenters. The van der Waals surface area contributed by atoms with Crippen LogP contribution in [0.5, 0.6) is 0 Å². The molecule has 0 aliphatic rings. The largest absolute Gasteiger partial charge is 0.436 e. The van der Waals surface area contributed by atoms with E-state index in [0.717, 1.165) is 6.07 Å². The Labute approximate surface area is 103 Å². The smallest absolute Gasteiger partial charge is 0.408 e. The third-order valence-corrected chi connectivity index (χ3v) is 2.61. The summed E-state index contributed by atoms with van der Waals surface area (Å²) in [5.41, 5.74) is 6.40. The molecular weight excluding hydrogens is 992 g/mol. The Hall–Kier alpha value is -4.97. The van der Waals surface area contributed by atoms with Crippen LogP contribution in [-0.4, -0.2) is 0 Å². The Bertz CT molecular complexity index is 569. The first-order valence-electron chi connectivity index (χ1n) is 5.33. The van der Waals surface area contributed by atoms with Gasteiger partial charge in [0.15, 0.2) is 0 Å². The van der Waals surface area contributed by atoms with Crippen molar-refractivity contribution in [1.82, 2.24) is 0 Å². The van der Waals surface area contributed by atoms with Gasteiger partial charge in [-0.15, -0.1) is 29.8 Å². The fourth-order valence-electron chi connectivity index (χ4n) is 1.73. The van der Waals surface area contributed by atoms with Gasteiger partial charge in [-0.2, -0.15) is 13.2 Å². The Morgan fingerprint density at radius 3 is 2.10 bits per heavy atom. The Kier molecular flexibility index (Phi) is 4.89. The zero-order valence-corrected chi connectivity index (χ0v) is 18.5. The van der Waals surface area contributed by atoms with Crippen LogP contribution in [0.25, 0.3) is 11.1 Å². The molecule has 0 aliphatic carbocycles. The van der Waals surface area contributed by atoms with Crippen LogP contribution in [0.15, 0.2) is 36.4 Å². The third-order valence-electron chi connectivity index (χ3n) is 2.61. The standard InChI is InChI=1S/C14H11F3N.3Cf/c1-9-2-7-12(13(8-9)14(15,16)17)10-3-5-11(18)6-4-10;;;/h2-3,5-8H,18H2,1H3;;;/q-1;;;. The second-order valence-corrected chi connectivity index (χ2v) is 4.08. The van der Waals surface area contributed by atoms with E-state index in [2.05, 4.69) is 6.07 Å². The Morgan fingerprint density at radius 2 is 1.62 bits per heavy atom. The van der Waals surface area contributed by atoms with Crippen molar-refractivity contribution in [2.24, 2.45) is 0 Å². The van der Waals surface area contributed by atoms with Gasteiger partial charge in [-0.05, 0) is 6.92 Å². The predicted octanol–water partition coefficient (Wildman–Crippen LogP) is 4.06. The molecule has 0 bridgehead atoms. The van der Waals surface area contributed by atoms with Gasteiger partial charge in [0.1, 0.15) is 0 Å². The van der Waals surface area contributed by atoms with E-state index in [0.29, 0.717) is 16.8 Å². The second kappa shape index (κ2) is 5.58. The molecule has 0 aliphatic heterocycles. The van der Waals surface area contributed by atoms with E-state index in [4.69, 9.17) is 5.73 Å². The van der Waals surface area contributed by atoms with E-state index in [1.165, 1.54) is 18.2 Å². The molecule has 2 aromatic carbocycles. The zero-order chi connectivity index (χ0) is 13.3. The number of rotatable bonds is 1. The maximum Gasteiger partial charge on any atom is 0.408 e. The predicted molar refractivity (Wildman–Crippen MR) is 64.9 cm³/mol. The number of nitrogens with two attached hydrogens (primary N) is 1. The van der Waals surface area contributed by atoms with E-state index in [1.807, 2.05) is 0 Å². The summed E-state index contributed by atoms with van der Waals surface area (Å²) in [6.45, 7) is 1.63. The molecule has 2 N–H and O–H groups in total. The van der Waals surface area contributed by atoms with Gasteiger partial charge in [0, 0.05) is 5.56 Å². The first-order valence-corrected chi connectivity index (χ1v) is 5.33. The van der Waals surface area contributed by atoms with Crippen LogP contribution >= 0.6 is 0 Å². The molecule has 0 saturated heterocycles. The maximum absolute atomic E-state index is 13.0. The minimum absolute atomic E-state index is 0. The molecule has 7 heteroatoms. The number of aryl methyl sites for hydroxylation is 1. The number of benzene rings is 2. The van der Waals surface area contributed by atoms with E-state index in [9.17, 15) is 13.2 Å². The van der Waals surface area contributed by atoms with Gasteiger partial charge in [0.2, 0.25) is 0 Å². The summed E-state index contributed by atoms with van der Waals surface area (Å²) in [4.78, 5) is 0. The van der Waals surface area contributed by atoms with Crippen LogP contribution < -0.4 is 5.73 Å². The van der Waals surface area contributed by atoms with Crippen LogP contribution in [0.3, 0.4) is 0 Å². The molecule has 0 aromatic heterocycles. The van der Waals surface area contributed by atoms with Gasteiger partial charge in [-0.3, -0.25) is 0 Å². The molecule has 0 amide bonds. The summed E-state index contributed by atoms with van der Waals surface area (Å²) in [7, 11) is 0. The van der Waals surface area contributed by atoms with Gasteiger partial charge < -0.3 is 5.73 Å². The van der Waals surface area contributed by atoms with Gasteiger partial charge in [-0.1, -0.05) is 35.0 Å². The maximum atomic E-state index is 13.0. The molecule has 0 heterocycles. The molecule has 2 rings (SSSR count). The first kappa shape index (κ1) is 18.4. The summed E-state index contributed by atoms with van der Waals surface area (Å²) < 4.78 is 38.9. The van der Waals surface area contributed by atoms with Gasteiger partial charge in [0.05, 0.1) is 0 Å². The SMILES string of the molecule is Cc1ccc(-c2[c-]cc(N)cc2)c(C(F)(F)F)c1.[Cf].[Cf].[Cf]. The van der Waals surface area contributed by atoms with Crippen molar-refractivity contribution in [1.29, 1.82) is 0 Å². The fraction of sp³-hybridized carbons (Fsp3) is 0.143. The van der Waals surface area contributed by atoms with Crippen molar-refractivity contribution >= 4 is 5.69 Å². The summed E-state index contributed by atoms with van der Waals surface area (Å²) in [5, 5.41) is 0. The van der Waals surface area contributed by atoms with Crippen LogP contribution in [0.1, 0.15) is 11.1 Å². The zero-order valence-electron chi connectivity index (χ0n) is 10.6. The van der Waals surface area contributed by atoms with E-state index in [1.54, 1.807) is 19.1 Å². The number of hydrogen-bond acceptors (Lipinski definition) is 1. The van der Waals surface area contributed by atoms with Crippen molar-refractivity contribution in [3.05, 3.63) is 53.6 Å². The quantitative estimate of drug-likeness (QED) is 0.339. The van der Waals surface area contributed by atoms with Gasteiger partial charge in [-0.25, -0.2) is 0 Å². The van der Waals surface area contributed by atoms with Crippen LogP contribution in [0.4, 0.5) is 18.9 Å². The fourth-order valence-corrected chi connectivity index (χ4v) is 1.73. The molecule has 0 radical (unpaired) electrons. The van der Waals surface area contributed by atoms with Crippen LogP contribution in [0.2, 0.25) is 0 Å². The number of alkyl halides is 3. The second-order valence-electron chi connectivity index (χ2n) is 4.08. The van der Waals surface area contributed by atoms with Crippen molar-refractivity contribution < 1.29 is 13.2 Å². The molecule has 21 heavy (non-hydrogen) atoms. The molecule has 0 saturated carbocycles. The summed E-state index contributed by atoms with van der Waals surface area (Å²) in [5.74, 6) is 0. The number of halogens is 3. The molecule has 0 unspecified atom stereocenters. The van der Waals surface area contributed by atoms with E-state index < -0.39 is 11.7 Å². The van der Waals surface area contributed by atoms with E-state index >= 15 is 0 Å². The molecule has 0 spiro atoms.